The highest BCUT2D eigenvalue weighted by atomic mass is 35.5. The van der Waals surface area contributed by atoms with E-state index in [4.69, 9.17) is 16.3 Å². The molecule has 0 aliphatic heterocycles. The molecular weight excluding hydrogens is 334 g/mol. The van der Waals surface area contributed by atoms with Crippen LogP contribution in [0.1, 0.15) is 16.7 Å². The van der Waals surface area contributed by atoms with Crippen LogP contribution < -0.4 is 9.46 Å². The van der Waals surface area contributed by atoms with Crippen molar-refractivity contribution in [3.8, 4) is 5.75 Å². The molecule has 0 bridgehead atoms. The second-order valence-electron chi connectivity index (χ2n) is 5.43. The molecule has 4 nitrogen and oxygen atoms in total. The summed E-state index contributed by atoms with van der Waals surface area (Å²) in [6, 6.07) is 10.7. The van der Waals surface area contributed by atoms with Crippen LogP contribution in [-0.2, 0) is 10.0 Å². The summed E-state index contributed by atoms with van der Waals surface area (Å²) in [5, 5.41) is 0.624. The SMILES string of the molecule is Cc1ccc(C)c(S(=O)(=O)NCCOc2ccc(C)c(Cl)c2)c1. The van der Waals surface area contributed by atoms with Crippen molar-refractivity contribution in [3.63, 3.8) is 0 Å². The Labute approximate surface area is 142 Å². The maximum absolute atomic E-state index is 12.3. The van der Waals surface area contributed by atoms with Gasteiger partial charge < -0.3 is 4.74 Å². The van der Waals surface area contributed by atoms with E-state index in [2.05, 4.69) is 4.72 Å². The largest absolute Gasteiger partial charge is 0.492 e. The van der Waals surface area contributed by atoms with E-state index in [0.29, 0.717) is 21.2 Å². The van der Waals surface area contributed by atoms with Crippen molar-refractivity contribution in [2.75, 3.05) is 13.2 Å². The fourth-order valence-corrected chi connectivity index (χ4v) is 3.59. The van der Waals surface area contributed by atoms with Gasteiger partial charge >= 0.3 is 0 Å². The molecule has 2 aromatic carbocycles. The summed E-state index contributed by atoms with van der Waals surface area (Å²) in [6.45, 7) is 5.95. The molecule has 0 amide bonds. The summed E-state index contributed by atoms with van der Waals surface area (Å²) in [5.41, 5.74) is 2.59. The Bertz CT molecular complexity index is 803. The molecule has 0 aromatic heterocycles. The summed E-state index contributed by atoms with van der Waals surface area (Å²) >= 11 is 6.02. The third-order valence-corrected chi connectivity index (χ3v) is 5.45. The van der Waals surface area contributed by atoms with Crippen molar-refractivity contribution in [1.29, 1.82) is 0 Å². The maximum Gasteiger partial charge on any atom is 0.240 e. The topological polar surface area (TPSA) is 55.4 Å². The van der Waals surface area contributed by atoms with Crippen molar-refractivity contribution in [2.24, 2.45) is 0 Å². The fraction of sp³-hybridized carbons (Fsp3) is 0.294. The van der Waals surface area contributed by atoms with Crippen LogP contribution in [0.15, 0.2) is 41.3 Å². The molecule has 0 aliphatic rings. The van der Waals surface area contributed by atoms with Gasteiger partial charge in [-0.05, 0) is 55.7 Å². The zero-order chi connectivity index (χ0) is 17.0. The van der Waals surface area contributed by atoms with E-state index in [1.807, 2.05) is 26.0 Å². The van der Waals surface area contributed by atoms with Gasteiger partial charge in [0.25, 0.3) is 0 Å². The molecule has 0 atom stereocenters. The highest BCUT2D eigenvalue weighted by molar-refractivity contribution is 7.89. The van der Waals surface area contributed by atoms with Crippen molar-refractivity contribution >= 4 is 21.6 Å². The Kier molecular flexibility index (Phi) is 5.68. The predicted molar refractivity (Wildman–Crippen MR) is 92.8 cm³/mol. The first-order valence-electron chi connectivity index (χ1n) is 7.25. The van der Waals surface area contributed by atoms with Crippen LogP contribution >= 0.6 is 11.6 Å². The van der Waals surface area contributed by atoms with Crippen molar-refractivity contribution in [1.82, 2.24) is 4.72 Å². The van der Waals surface area contributed by atoms with Gasteiger partial charge in [0.2, 0.25) is 10.0 Å². The molecule has 2 aromatic rings. The summed E-state index contributed by atoms with van der Waals surface area (Å²) < 4.78 is 32.7. The minimum atomic E-state index is -3.54. The number of aryl methyl sites for hydroxylation is 3. The lowest BCUT2D eigenvalue weighted by atomic mass is 10.2. The number of nitrogens with one attached hydrogen (secondary N) is 1. The Balaban J connectivity index is 1.95. The van der Waals surface area contributed by atoms with Gasteiger partial charge in [-0.2, -0.15) is 0 Å². The number of rotatable bonds is 6. The van der Waals surface area contributed by atoms with Crippen LogP contribution in [-0.4, -0.2) is 21.6 Å². The van der Waals surface area contributed by atoms with Crippen LogP contribution in [0.25, 0.3) is 0 Å². The lowest BCUT2D eigenvalue weighted by molar-refractivity contribution is 0.323. The number of benzene rings is 2. The van der Waals surface area contributed by atoms with E-state index in [-0.39, 0.29) is 13.2 Å². The van der Waals surface area contributed by atoms with E-state index in [1.54, 1.807) is 31.2 Å². The maximum atomic E-state index is 12.3. The molecule has 0 aliphatic carbocycles. The van der Waals surface area contributed by atoms with Crippen molar-refractivity contribution in [2.45, 2.75) is 25.7 Å². The van der Waals surface area contributed by atoms with E-state index < -0.39 is 10.0 Å². The highest BCUT2D eigenvalue weighted by Gasteiger charge is 2.16. The smallest absolute Gasteiger partial charge is 0.240 e. The average molecular weight is 354 g/mol. The summed E-state index contributed by atoms with van der Waals surface area (Å²) in [7, 11) is -3.54. The van der Waals surface area contributed by atoms with Gasteiger partial charge in [0.15, 0.2) is 0 Å². The Morgan fingerprint density at radius 3 is 2.43 bits per heavy atom. The first kappa shape index (κ1) is 17.8. The third-order valence-electron chi connectivity index (χ3n) is 3.44. The molecule has 0 heterocycles. The second kappa shape index (κ2) is 7.34. The number of halogens is 1. The zero-order valence-corrected chi connectivity index (χ0v) is 15.0. The molecular formula is C17H20ClNO3S. The van der Waals surface area contributed by atoms with E-state index >= 15 is 0 Å². The van der Waals surface area contributed by atoms with Crippen molar-refractivity contribution in [3.05, 3.63) is 58.1 Å². The van der Waals surface area contributed by atoms with Gasteiger partial charge in [-0.25, -0.2) is 13.1 Å². The van der Waals surface area contributed by atoms with Gasteiger partial charge in [0.1, 0.15) is 12.4 Å². The lowest BCUT2D eigenvalue weighted by Gasteiger charge is -2.11. The monoisotopic (exact) mass is 353 g/mol. The Morgan fingerprint density at radius 1 is 1.04 bits per heavy atom. The standard InChI is InChI=1S/C17H20ClNO3S/c1-12-4-5-14(3)17(10-12)23(20,21)19-8-9-22-15-7-6-13(2)16(18)11-15/h4-7,10-11,19H,8-9H2,1-3H3. The van der Waals surface area contributed by atoms with Crippen LogP contribution in [0.4, 0.5) is 0 Å². The van der Waals surface area contributed by atoms with Crippen molar-refractivity contribution < 1.29 is 13.2 Å². The number of hydrogen-bond donors (Lipinski definition) is 1. The predicted octanol–water partition coefficient (Wildman–Crippen LogP) is 3.62. The van der Waals surface area contributed by atoms with E-state index in [1.165, 1.54) is 0 Å². The van der Waals surface area contributed by atoms with E-state index in [0.717, 1.165) is 11.1 Å². The number of hydrogen-bond acceptors (Lipinski definition) is 3. The average Bonchev–Trinajstić information content (AvgIpc) is 2.49. The third kappa shape index (κ3) is 4.70. The number of ether oxygens (including phenoxy) is 1. The molecule has 0 saturated heterocycles. The first-order valence-corrected chi connectivity index (χ1v) is 9.11. The molecule has 23 heavy (non-hydrogen) atoms. The summed E-state index contributed by atoms with van der Waals surface area (Å²) in [5.74, 6) is 0.617. The molecule has 0 fully saturated rings. The highest BCUT2D eigenvalue weighted by Crippen LogP contribution is 2.21. The normalized spacial score (nSPS) is 11.5. The van der Waals surface area contributed by atoms with Gasteiger partial charge in [-0.15, -0.1) is 0 Å². The molecule has 0 unspecified atom stereocenters. The Morgan fingerprint density at radius 2 is 1.74 bits per heavy atom. The zero-order valence-electron chi connectivity index (χ0n) is 13.4. The summed E-state index contributed by atoms with van der Waals surface area (Å²) in [4.78, 5) is 0.302. The van der Waals surface area contributed by atoms with Gasteiger partial charge in [0, 0.05) is 11.6 Å². The fourth-order valence-electron chi connectivity index (χ4n) is 2.08. The quantitative estimate of drug-likeness (QED) is 0.807. The first-order chi connectivity index (χ1) is 10.8. The van der Waals surface area contributed by atoms with Crippen LogP contribution in [0.3, 0.4) is 0 Å². The molecule has 0 radical (unpaired) electrons. The second-order valence-corrected chi connectivity index (χ2v) is 7.57. The van der Waals surface area contributed by atoms with Gasteiger partial charge in [0.05, 0.1) is 4.90 Å². The molecule has 124 valence electrons. The van der Waals surface area contributed by atoms with Gasteiger partial charge in [-0.1, -0.05) is 29.8 Å². The van der Waals surface area contributed by atoms with Crippen LogP contribution in [0, 0.1) is 20.8 Å². The Hall–Kier alpha value is -1.56. The summed E-state index contributed by atoms with van der Waals surface area (Å²) in [6.07, 6.45) is 0. The lowest BCUT2D eigenvalue weighted by Crippen LogP contribution is -2.28. The molecule has 0 spiro atoms. The minimum absolute atomic E-state index is 0.182. The van der Waals surface area contributed by atoms with Crippen LogP contribution in [0.2, 0.25) is 5.02 Å². The molecule has 6 heteroatoms. The minimum Gasteiger partial charge on any atom is -0.492 e. The molecule has 1 N–H and O–H groups in total. The molecule has 2 rings (SSSR count). The van der Waals surface area contributed by atoms with Crippen LogP contribution in [0.5, 0.6) is 5.75 Å². The number of sulfonamides is 1. The van der Waals surface area contributed by atoms with E-state index in [9.17, 15) is 8.42 Å². The van der Waals surface area contributed by atoms with Gasteiger partial charge in [-0.3, -0.25) is 0 Å². The molecule has 0 saturated carbocycles.